The normalized spacial score (nSPS) is 20.2. The van der Waals surface area contributed by atoms with E-state index in [-0.39, 0.29) is 0 Å². The number of amides is 3. The Morgan fingerprint density at radius 1 is 1.20 bits per heavy atom. The third kappa shape index (κ3) is 6.64. The largest absolute Gasteiger partial charge is 0.480 e. The third-order valence-electron chi connectivity index (χ3n) is 3.67. The number of carboxylic acid groups (broad SMARTS) is 1. The van der Waals surface area contributed by atoms with Crippen LogP contribution in [0.1, 0.15) is 19.8 Å². The summed E-state index contributed by atoms with van der Waals surface area (Å²) >= 11 is 0. The molecule has 4 atom stereocenters. The summed E-state index contributed by atoms with van der Waals surface area (Å²) in [4.78, 5) is 46.5. The summed E-state index contributed by atoms with van der Waals surface area (Å²) in [5.74, 6) is -3.50. The van der Waals surface area contributed by atoms with Crippen LogP contribution < -0.4 is 21.3 Å². The lowest BCUT2D eigenvalue weighted by atomic mass is 10.1. The van der Waals surface area contributed by atoms with Crippen molar-refractivity contribution in [3.8, 4) is 0 Å². The van der Waals surface area contributed by atoms with Crippen LogP contribution in [-0.2, 0) is 19.2 Å². The highest BCUT2D eigenvalue weighted by Crippen LogP contribution is 2.05. The van der Waals surface area contributed by atoms with Crippen LogP contribution in [0, 0.1) is 0 Å². The molecule has 0 aromatic heterocycles. The molecule has 0 aromatic rings. The van der Waals surface area contributed by atoms with Gasteiger partial charge in [0.25, 0.3) is 0 Å². The minimum atomic E-state index is -1.43. The van der Waals surface area contributed by atoms with E-state index >= 15 is 0 Å². The number of carboxylic acids is 1. The molecule has 0 bridgehead atoms. The highest BCUT2D eigenvalue weighted by molar-refractivity contribution is 5.94. The van der Waals surface area contributed by atoms with Crippen molar-refractivity contribution < 1.29 is 34.5 Å². The second-order valence-corrected chi connectivity index (χ2v) is 5.73. The fraction of sp³-hybridized carbons (Fsp3) is 0.714. The predicted octanol–water partition coefficient (Wildman–Crippen LogP) is -3.72. The van der Waals surface area contributed by atoms with E-state index in [0.29, 0.717) is 13.0 Å². The molecule has 1 saturated heterocycles. The number of carbonyl (C=O) groups excluding carboxylic acids is 3. The number of nitrogens with one attached hydrogen (secondary N) is 4. The first kappa shape index (κ1) is 20.8. The zero-order valence-electron chi connectivity index (χ0n) is 13.8. The Bertz CT molecular complexity index is 505. The highest BCUT2D eigenvalue weighted by Gasteiger charge is 2.31. The topological polar surface area (TPSA) is 177 Å². The predicted molar refractivity (Wildman–Crippen MR) is 84.3 cm³/mol. The van der Waals surface area contributed by atoms with Crippen molar-refractivity contribution in [3.05, 3.63) is 0 Å². The number of hydrogen-bond acceptors (Lipinski definition) is 7. The van der Waals surface area contributed by atoms with Gasteiger partial charge in [-0.15, -0.1) is 0 Å². The molecule has 0 radical (unpaired) electrons. The molecule has 11 nitrogen and oxygen atoms in total. The summed E-state index contributed by atoms with van der Waals surface area (Å²) in [7, 11) is 0. The molecule has 25 heavy (non-hydrogen) atoms. The Morgan fingerprint density at radius 2 is 1.88 bits per heavy atom. The Labute approximate surface area is 144 Å². The van der Waals surface area contributed by atoms with Crippen LogP contribution in [-0.4, -0.2) is 82.9 Å². The summed E-state index contributed by atoms with van der Waals surface area (Å²) in [6.45, 7) is 0.543. The van der Waals surface area contributed by atoms with E-state index in [0.717, 1.165) is 6.42 Å². The van der Waals surface area contributed by atoms with E-state index in [1.165, 1.54) is 6.92 Å². The maximum absolute atomic E-state index is 12.2. The summed E-state index contributed by atoms with van der Waals surface area (Å²) in [6.07, 6.45) is 0.116. The van der Waals surface area contributed by atoms with E-state index in [2.05, 4.69) is 16.0 Å². The molecule has 7 N–H and O–H groups in total. The number of aliphatic hydroxyl groups excluding tert-OH is 2. The standard InChI is InChI=1S/C14H24N4O7/c1-7(20)11(14(25)16-5-10(21)22)18-13(24)9(6-19)17-12(23)8-3-2-4-15-8/h7-9,11,15,19-20H,2-6H2,1H3,(H,16,25)(H,17,23)(H,18,24)(H,21,22). The second-order valence-electron chi connectivity index (χ2n) is 5.73. The average Bonchev–Trinajstić information content (AvgIpc) is 3.09. The van der Waals surface area contributed by atoms with E-state index in [9.17, 15) is 29.4 Å². The van der Waals surface area contributed by atoms with Crippen LogP contribution in [0.2, 0.25) is 0 Å². The molecule has 0 spiro atoms. The zero-order chi connectivity index (χ0) is 19.0. The first-order chi connectivity index (χ1) is 11.8. The molecule has 1 rings (SSSR count). The molecule has 0 aliphatic carbocycles. The number of rotatable bonds is 9. The van der Waals surface area contributed by atoms with Gasteiger partial charge in [-0.25, -0.2) is 0 Å². The van der Waals surface area contributed by atoms with Crippen molar-refractivity contribution in [2.24, 2.45) is 0 Å². The molecule has 0 aromatic carbocycles. The minimum Gasteiger partial charge on any atom is -0.480 e. The lowest BCUT2D eigenvalue weighted by Gasteiger charge is -2.24. The monoisotopic (exact) mass is 360 g/mol. The van der Waals surface area contributed by atoms with Crippen molar-refractivity contribution in [1.29, 1.82) is 0 Å². The van der Waals surface area contributed by atoms with E-state index in [4.69, 9.17) is 5.11 Å². The summed E-state index contributed by atoms with van der Waals surface area (Å²) in [6, 6.07) is -3.18. The van der Waals surface area contributed by atoms with Gasteiger partial charge in [0.2, 0.25) is 17.7 Å². The highest BCUT2D eigenvalue weighted by atomic mass is 16.4. The molecule has 0 saturated carbocycles. The summed E-state index contributed by atoms with van der Waals surface area (Å²) < 4.78 is 0. The van der Waals surface area contributed by atoms with Crippen LogP contribution in [0.15, 0.2) is 0 Å². The number of hydrogen-bond donors (Lipinski definition) is 7. The van der Waals surface area contributed by atoms with E-state index < -0.39 is 61.1 Å². The summed E-state index contributed by atoms with van der Waals surface area (Å²) in [5.41, 5.74) is 0. The number of aliphatic carboxylic acids is 1. The second kappa shape index (κ2) is 9.91. The quantitative estimate of drug-likeness (QED) is 0.219. The van der Waals surface area contributed by atoms with Crippen LogP contribution in [0.3, 0.4) is 0 Å². The fourth-order valence-corrected chi connectivity index (χ4v) is 2.31. The molecule has 1 fully saturated rings. The molecule has 1 heterocycles. The van der Waals surface area contributed by atoms with Gasteiger partial charge in [0.1, 0.15) is 18.6 Å². The maximum Gasteiger partial charge on any atom is 0.322 e. The van der Waals surface area contributed by atoms with E-state index in [1.807, 2.05) is 5.32 Å². The van der Waals surface area contributed by atoms with Gasteiger partial charge in [-0.05, 0) is 26.3 Å². The van der Waals surface area contributed by atoms with Crippen molar-refractivity contribution >= 4 is 23.7 Å². The molecule has 3 amide bonds. The molecule has 142 valence electrons. The smallest absolute Gasteiger partial charge is 0.322 e. The van der Waals surface area contributed by atoms with Gasteiger partial charge in [-0.3, -0.25) is 19.2 Å². The van der Waals surface area contributed by atoms with Crippen molar-refractivity contribution in [3.63, 3.8) is 0 Å². The molecule has 1 aliphatic heterocycles. The van der Waals surface area contributed by atoms with Gasteiger partial charge < -0.3 is 36.6 Å². The van der Waals surface area contributed by atoms with Crippen molar-refractivity contribution in [2.75, 3.05) is 19.7 Å². The average molecular weight is 360 g/mol. The lowest BCUT2D eigenvalue weighted by molar-refractivity contribution is -0.139. The molecular formula is C14H24N4O7. The fourth-order valence-electron chi connectivity index (χ4n) is 2.31. The van der Waals surface area contributed by atoms with Gasteiger partial charge in [-0.2, -0.15) is 0 Å². The first-order valence-electron chi connectivity index (χ1n) is 7.88. The molecule has 1 aliphatic rings. The van der Waals surface area contributed by atoms with Gasteiger partial charge >= 0.3 is 5.97 Å². The first-order valence-corrected chi connectivity index (χ1v) is 7.88. The van der Waals surface area contributed by atoms with Gasteiger partial charge in [-0.1, -0.05) is 0 Å². The van der Waals surface area contributed by atoms with E-state index in [1.54, 1.807) is 0 Å². The van der Waals surface area contributed by atoms with Crippen molar-refractivity contribution in [2.45, 2.75) is 44.0 Å². The van der Waals surface area contributed by atoms with Crippen LogP contribution in [0.25, 0.3) is 0 Å². The SMILES string of the molecule is CC(O)C(NC(=O)C(CO)NC(=O)C1CCCN1)C(=O)NCC(=O)O. The van der Waals surface area contributed by atoms with Crippen molar-refractivity contribution in [1.82, 2.24) is 21.3 Å². The Morgan fingerprint density at radius 3 is 2.36 bits per heavy atom. The van der Waals surface area contributed by atoms with Crippen LogP contribution >= 0.6 is 0 Å². The Balaban J connectivity index is 2.64. The van der Waals surface area contributed by atoms with Gasteiger partial charge in [0.15, 0.2) is 0 Å². The summed E-state index contributed by atoms with van der Waals surface area (Å²) in [5, 5.41) is 37.0. The maximum atomic E-state index is 12.2. The van der Waals surface area contributed by atoms with Crippen LogP contribution in [0.4, 0.5) is 0 Å². The number of carbonyl (C=O) groups is 4. The Hall–Kier alpha value is -2.24. The number of aliphatic hydroxyl groups is 2. The lowest BCUT2D eigenvalue weighted by Crippen LogP contribution is -2.59. The molecular weight excluding hydrogens is 336 g/mol. The van der Waals surface area contributed by atoms with Gasteiger partial charge in [0.05, 0.1) is 18.8 Å². The zero-order valence-corrected chi connectivity index (χ0v) is 13.8. The Kier molecular flexibility index (Phi) is 8.25. The molecule has 11 heteroatoms. The van der Waals surface area contributed by atoms with Crippen LogP contribution in [0.5, 0.6) is 0 Å². The third-order valence-corrected chi connectivity index (χ3v) is 3.67. The minimum absolute atomic E-state index is 0.448. The molecule has 4 unspecified atom stereocenters. The van der Waals surface area contributed by atoms with Gasteiger partial charge in [0, 0.05) is 0 Å².